The summed E-state index contributed by atoms with van der Waals surface area (Å²) in [5.74, 6) is 0.314. The van der Waals surface area contributed by atoms with Crippen molar-refractivity contribution in [2.75, 3.05) is 6.61 Å². The summed E-state index contributed by atoms with van der Waals surface area (Å²) >= 11 is 3.72. The molecule has 3 atom stereocenters. The van der Waals surface area contributed by atoms with Crippen LogP contribution in [-0.4, -0.2) is 12.7 Å². The van der Waals surface area contributed by atoms with Crippen LogP contribution in [0.25, 0.3) is 0 Å². The zero-order valence-electron chi connectivity index (χ0n) is 9.33. The third-order valence-electron chi connectivity index (χ3n) is 3.23. The van der Waals surface area contributed by atoms with Gasteiger partial charge in [-0.2, -0.15) is 0 Å². The molecule has 0 N–H and O–H groups in total. The number of hydrogen-bond donors (Lipinski definition) is 0. The molecule has 2 rings (SSSR count). The van der Waals surface area contributed by atoms with Gasteiger partial charge in [0.25, 0.3) is 0 Å². The molecule has 1 aliphatic heterocycles. The van der Waals surface area contributed by atoms with Crippen LogP contribution in [0.5, 0.6) is 0 Å². The highest BCUT2D eigenvalue weighted by Gasteiger charge is 2.32. The van der Waals surface area contributed by atoms with E-state index in [1.54, 1.807) is 0 Å². The van der Waals surface area contributed by atoms with Crippen LogP contribution in [0.15, 0.2) is 24.3 Å². The highest BCUT2D eigenvalue weighted by atomic mass is 79.9. The van der Waals surface area contributed by atoms with Crippen LogP contribution in [0.2, 0.25) is 0 Å². The van der Waals surface area contributed by atoms with Gasteiger partial charge < -0.3 is 4.74 Å². The molecule has 0 aromatic heterocycles. The fraction of sp³-hybridized carbons (Fsp3) is 0.538. The highest BCUT2D eigenvalue weighted by molar-refractivity contribution is 9.09. The number of ether oxygens (including phenoxy) is 1. The van der Waals surface area contributed by atoms with Gasteiger partial charge in [0.2, 0.25) is 0 Å². The van der Waals surface area contributed by atoms with E-state index >= 15 is 0 Å². The topological polar surface area (TPSA) is 9.23 Å². The van der Waals surface area contributed by atoms with Gasteiger partial charge in [-0.1, -0.05) is 35.0 Å². The van der Waals surface area contributed by atoms with Gasteiger partial charge in [-0.3, -0.25) is 0 Å². The van der Waals surface area contributed by atoms with Crippen LogP contribution in [0, 0.1) is 11.7 Å². The van der Waals surface area contributed by atoms with Crippen molar-refractivity contribution in [3.63, 3.8) is 0 Å². The molecule has 0 amide bonds. The third kappa shape index (κ3) is 2.46. The Morgan fingerprint density at radius 3 is 2.75 bits per heavy atom. The molecule has 0 bridgehead atoms. The number of alkyl halides is 1. The lowest BCUT2D eigenvalue weighted by Crippen LogP contribution is -2.18. The summed E-state index contributed by atoms with van der Waals surface area (Å²) in [5.41, 5.74) is 1.13. The zero-order valence-corrected chi connectivity index (χ0v) is 10.9. The smallest absolute Gasteiger partial charge is 0.123 e. The van der Waals surface area contributed by atoms with Crippen molar-refractivity contribution < 1.29 is 9.13 Å². The Labute approximate surface area is 104 Å². The van der Waals surface area contributed by atoms with E-state index in [1.807, 2.05) is 12.1 Å². The fourth-order valence-corrected chi connectivity index (χ4v) is 3.22. The number of hydrogen-bond acceptors (Lipinski definition) is 1. The summed E-state index contributed by atoms with van der Waals surface area (Å²) in [6.07, 6.45) is 2.44. The second-order valence-corrected chi connectivity index (χ2v) is 5.21. The standard InChI is InChI=1S/C13H16BrFO/c1-2-12-11(7-8-16-12)13(14)9-3-5-10(15)6-4-9/h3-6,11-13H,2,7-8H2,1H3. The molecular weight excluding hydrogens is 271 g/mol. The first-order valence-corrected chi connectivity index (χ1v) is 6.65. The Bertz CT molecular complexity index is 338. The average Bonchev–Trinajstić information content (AvgIpc) is 2.77. The molecule has 16 heavy (non-hydrogen) atoms. The van der Waals surface area contributed by atoms with Crippen LogP contribution < -0.4 is 0 Å². The van der Waals surface area contributed by atoms with Crippen molar-refractivity contribution in [3.8, 4) is 0 Å². The highest BCUT2D eigenvalue weighted by Crippen LogP contribution is 2.40. The monoisotopic (exact) mass is 286 g/mol. The molecular formula is C13H16BrFO. The molecule has 3 heteroatoms. The van der Waals surface area contributed by atoms with Crippen molar-refractivity contribution in [1.29, 1.82) is 0 Å². The Kier molecular flexibility index (Phi) is 3.98. The molecule has 1 aromatic carbocycles. The molecule has 1 heterocycles. The normalized spacial score (nSPS) is 26.9. The van der Waals surface area contributed by atoms with Crippen molar-refractivity contribution >= 4 is 15.9 Å². The van der Waals surface area contributed by atoms with E-state index in [0.717, 1.165) is 25.0 Å². The summed E-state index contributed by atoms with van der Waals surface area (Å²) in [6, 6.07) is 6.72. The minimum Gasteiger partial charge on any atom is -0.378 e. The molecule has 0 saturated carbocycles. The second kappa shape index (κ2) is 5.28. The predicted octanol–water partition coefficient (Wildman–Crippen LogP) is 4.08. The van der Waals surface area contributed by atoms with Gasteiger partial charge in [-0.25, -0.2) is 4.39 Å². The SMILES string of the molecule is CCC1OCCC1C(Br)c1ccc(F)cc1. The Balaban J connectivity index is 2.12. The van der Waals surface area contributed by atoms with Gasteiger partial charge in [0, 0.05) is 17.4 Å². The first kappa shape index (κ1) is 12.1. The average molecular weight is 287 g/mol. The third-order valence-corrected chi connectivity index (χ3v) is 4.44. The maximum absolute atomic E-state index is 12.8. The van der Waals surface area contributed by atoms with E-state index in [1.165, 1.54) is 12.1 Å². The van der Waals surface area contributed by atoms with Gasteiger partial charge in [-0.05, 0) is 30.5 Å². The largest absolute Gasteiger partial charge is 0.378 e. The van der Waals surface area contributed by atoms with Crippen molar-refractivity contribution in [2.24, 2.45) is 5.92 Å². The van der Waals surface area contributed by atoms with E-state index in [4.69, 9.17) is 4.74 Å². The summed E-state index contributed by atoms with van der Waals surface area (Å²) in [7, 11) is 0. The molecule has 1 aromatic rings. The molecule has 1 saturated heterocycles. The van der Waals surface area contributed by atoms with Crippen molar-refractivity contribution in [3.05, 3.63) is 35.6 Å². The molecule has 0 radical (unpaired) electrons. The van der Waals surface area contributed by atoms with Crippen LogP contribution in [0.3, 0.4) is 0 Å². The Hall–Kier alpha value is -0.410. The molecule has 3 unspecified atom stereocenters. The Morgan fingerprint density at radius 2 is 2.12 bits per heavy atom. The summed E-state index contributed by atoms with van der Waals surface area (Å²) in [5, 5.41) is 0. The Morgan fingerprint density at radius 1 is 1.44 bits per heavy atom. The van der Waals surface area contributed by atoms with E-state index < -0.39 is 0 Å². The lowest BCUT2D eigenvalue weighted by atomic mass is 9.92. The lowest BCUT2D eigenvalue weighted by Gasteiger charge is -2.22. The summed E-state index contributed by atoms with van der Waals surface area (Å²) < 4.78 is 18.5. The molecule has 1 fully saturated rings. The zero-order chi connectivity index (χ0) is 11.5. The minimum atomic E-state index is -0.182. The van der Waals surface area contributed by atoms with Gasteiger partial charge in [0.1, 0.15) is 5.82 Å². The van der Waals surface area contributed by atoms with Crippen molar-refractivity contribution in [2.45, 2.75) is 30.7 Å². The maximum Gasteiger partial charge on any atom is 0.123 e. The van der Waals surface area contributed by atoms with E-state index in [2.05, 4.69) is 22.9 Å². The quantitative estimate of drug-likeness (QED) is 0.761. The molecule has 0 aliphatic carbocycles. The van der Waals surface area contributed by atoms with Crippen molar-refractivity contribution in [1.82, 2.24) is 0 Å². The van der Waals surface area contributed by atoms with Crippen LogP contribution >= 0.6 is 15.9 Å². The summed E-state index contributed by atoms with van der Waals surface area (Å²) in [6.45, 7) is 2.99. The van der Waals surface area contributed by atoms with Gasteiger partial charge in [0.05, 0.1) is 6.10 Å². The summed E-state index contributed by atoms with van der Waals surface area (Å²) in [4.78, 5) is 0.264. The predicted molar refractivity (Wildman–Crippen MR) is 66.2 cm³/mol. The number of rotatable bonds is 3. The molecule has 1 nitrogen and oxygen atoms in total. The second-order valence-electron chi connectivity index (χ2n) is 4.22. The van der Waals surface area contributed by atoms with E-state index in [-0.39, 0.29) is 10.6 Å². The van der Waals surface area contributed by atoms with Crippen LogP contribution in [0.4, 0.5) is 4.39 Å². The lowest BCUT2D eigenvalue weighted by molar-refractivity contribution is 0.0873. The van der Waals surface area contributed by atoms with Gasteiger partial charge in [0.15, 0.2) is 0 Å². The number of halogens is 2. The minimum absolute atomic E-state index is 0.182. The first-order valence-electron chi connectivity index (χ1n) is 5.73. The molecule has 0 spiro atoms. The first-order chi connectivity index (χ1) is 7.72. The number of benzene rings is 1. The van der Waals surface area contributed by atoms with Crippen LogP contribution in [0.1, 0.15) is 30.2 Å². The fourth-order valence-electron chi connectivity index (χ4n) is 2.31. The van der Waals surface area contributed by atoms with Crippen LogP contribution in [-0.2, 0) is 4.74 Å². The molecule has 1 aliphatic rings. The van der Waals surface area contributed by atoms with Gasteiger partial charge in [-0.15, -0.1) is 0 Å². The maximum atomic E-state index is 12.8. The van der Waals surface area contributed by atoms with E-state index in [9.17, 15) is 4.39 Å². The van der Waals surface area contributed by atoms with E-state index in [0.29, 0.717) is 12.0 Å². The van der Waals surface area contributed by atoms with Gasteiger partial charge >= 0.3 is 0 Å². The molecule has 88 valence electrons.